The maximum absolute atomic E-state index is 5.25. The van der Waals surface area contributed by atoms with Crippen molar-refractivity contribution in [1.29, 1.82) is 0 Å². The summed E-state index contributed by atoms with van der Waals surface area (Å²) in [6.45, 7) is 1.82. The van der Waals surface area contributed by atoms with Crippen molar-refractivity contribution in [2.45, 2.75) is 6.92 Å². The molecule has 0 aromatic carbocycles. The van der Waals surface area contributed by atoms with Crippen LogP contribution in [0.4, 0.5) is 0 Å². The second kappa shape index (κ2) is 3.40. The Balaban J connectivity index is 3.46. The van der Waals surface area contributed by atoms with Crippen LogP contribution in [0.15, 0.2) is 16.8 Å². The van der Waals surface area contributed by atoms with E-state index in [-0.39, 0.29) is 0 Å². The van der Waals surface area contributed by atoms with Crippen molar-refractivity contribution >= 4 is 6.21 Å². The van der Waals surface area contributed by atoms with Crippen molar-refractivity contribution < 1.29 is 0 Å². The van der Waals surface area contributed by atoms with Crippen molar-refractivity contribution in [2.75, 3.05) is 7.05 Å². The third-order valence-electron chi connectivity index (χ3n) is 0.486. The van der Waals surface area contributed by atoms with Crippen molar-refractivity contribution in [3.8, 4) is 0 Å². The van der Waals surface area contributed by atoms with Gasteiger partial charge in [0.25, 0.3) is 0 Å². The quantitative estimate of drug-likeness (QED) is 0.478. The van der Waals surface area contributed by atoms with Crippen LogP contribution in [0.5, 0.6) is 0 Å². The molecule has 0 unspecified atom stereocenters. The minimum absolute atomic E-state index is 0.783. The molecular weight excluding hydrogens is 88.1 g/mol. The van der Waals surface area contributed by atoms with Crippen molar-refractivity contribution in [1.82, 2.24) is 0 Å². The smallest absolute Gasteiger partial charge is 0.0277 e. The van der Waals surface area contributed by atoms with Gasteiger partial charge in [-0.15, -0.1) is 0 Å². The Morgan fingerprint density at radius 3 is 2.43 bits per heavy atom. The van der Waals surface area contributed by atoms with Gasteiger partial charge in [-0.1, -0.05) is 0 Å². The van der Waals surface area contributed by atoms with Gasteiger partial charge in [0, 0.05) is 19.0 Å². The third kappa shape index (κ3) is 5.21. The topological polar surface area (TPSA) is 38.4 Å². The fraction of sp³-hybridized carbons (Fsp3) is 0.400. The number of nitrogens with zero attached hydrogens (tertiary/aromatic N) is 1. The van der Waals surface area contributed by atoms with Crippen LogP contribution in [0.3, 0.4) is 0 Å². The molecule has 0 fully saturated rings. The molecule has 0 aliphatic rings. The predicted octanol–water partition coefficient (Wildman–Crippen LogP) is 0.550. The number of nitrogens with two attached hydrogens (primary N) is 1. The average molecular weight is 98.1 g/mol. The van der Waals surface area contributed by atoms with Gasteiger partial charge in [-0.3, -0.25) is 4.99 Å². The summed E-state index contributed by atoms with van der Waals surface area (Å²) >= 11 is 0. The van der Waals surface area contributed by atoms with Crippen LogP contribution in [0.25, 0.3) is 0 Å². The van der Waals surface area contributed by atoms with E-state index < -0.39 is 0 Å². The number of hydrogen-bond donors (Lipinski definition) is 1. The van der Waals surface area contributed by atoms with E-state index in [1.807, 2.05) is 6.92 Å². The average Bonchev–Trinajstić information content (AvgIpc) is 1.61. The maximum atomic E-state index is 5.25. The Bertz CT molecular complexity index is 88.3. The fourth-order valence-electron chi connectivity index (χ4n) is 0.192. The van der Waals surface area contributed by atoms with E-state index in [1.165, 1.54) is 0 Å². The first-order valence-corrected chi connectivity index (χ1v) is 2.12. The first kappa shape index (κ1) is 6.21. The summed E-state index contributed by atoms with van der Waals surface area (Å²) in [4.78, 5) is 3.69. The molecule has 0 aliphatic carbocycles. The minimum atomic E-state index is 0.783. The highest BCUT2D eigenvalue weighted by Crippen LogP contribution is 1.72. The zero-order chi connectivity index (χ0) is 5.70. The van der Waals surface area contributed by atoms with Crippen LogP contribution in [0, 0.1) is 0 Å². The Labute approximate surface area is 43.7 Å². The van der Waals surface area contributed by atoms with Crippen molar-refractivity contribution in [3.63, 3.8) is 0 Å². The van der Waals surface area contributed by atoms with Gasteiger partial charge < -0.3 is 5.73 Å². The lowest BCUT2D eigenvalue weighted by Gasteiger charge is -1.79. The van der Waals surface area contributed by atoms with Gasteiger partial charge in [-0.05, 0) is 13.0 Å². The maximum Gasteiger partial charge on any atom is 0.0277 e. The van der Waals surface area contributed by atoms with E-state index in [0.29, 0.717) is 0 Å². The van der Waals surface area contributed by atoms with Crippen LogP contribution >= 0.6 is 0 Å². The van der Waals surface area contributed by atoms with Gasteiger partial charge in [0.15, 0.2) is 0 Å². The fourth-order valence-corrected chi connectivity index (χ4v) is 0.192. The molecule has 0 saturated carbocycles. The van der Waals surface area contributed by atoms with E-state index in [0.717, 1.165) is 5.70 Å². The summed E-state index contributed by atoms with van der Waals surface area (Å²) in [6, 6.07) is 0. The highest BCUT2D eigenvalue weighted by Gasteiger charge is 1.66. The summed E-state index contributed by atoms with van der Waals surface area (Å²) in [5.74, 6) is 0. The molecule has 0 bridgehead atoms. The number of rotatable bonds is 1. The zero-order valence-corrected chi connectivity index (χ0v) is 4.68. The molecule has 7 heavy (non-hydrogen) atoms. The summed E-state index contributed by atoms with van der Waals surface area (Å²) in [7, 11) is 1.71. The van der Waals surface area contributed by atoms with Crippen molar-refractivity contribution in [3.05, 3.63) is 11.8 Å². The molecule has 0 heterocycles. The van der Waals surface area contributed by atoms with Gasteiger partial charge in [-0.25, -0.2) is 0 Å². The molecule has 40 valence electrons. The first-order valence-electron chi connectivity index (χ1n) is 2.12. The molecule has 2 heteroatoms. The van der Waals surface area contributed by atoms with Gasteiger partial charge in [0.05, 0.1) is 0 Å². The van der Waals surface area contributed by atoms with Crippen LogP contribution in [0.1, 0.15) is 6.92 Å². The SMILES string of the molecule is C/N=C\C=C(\C)N. The van der Waals surface area contributed by atoms with Gasteiger partial charge >= 0.3 is 0 Å². The molecule has 2 N–H and O–H groups in total. The van der Waals surface area contributed by atoms with E-state index in [2.05, 4.69) is 4.99 Å². The molecule has 0 spiro atoms. The number of aliphatic imine (C=N–C) groups is 1. The van der Waals surface area contributed by atoms with E-state index in [9.17, 15) is 0 Å². The molecule has 0 rings (SSSR count). The molecular formula is C5H10N2. The Morgan fingerprint density at radius 1 is 1.71 bits per heavy atom. The largest absolute Gasteiger partial charge is 0.402 e. The lowest BCUT2D eigenvalue weighted by atomic mass is 10.5. The lowest BCUT2D eigenvalue weighted by Crippen LogP contribution is -1.89. The standard InChI is InChI=1S/C5H10N2/c1-5(6)3-4-7-2/h3-4H,6H2,1-2H3/b5-3-,7-4-. The van der Waals surface area contributed by atoms with Crippen LogP contribution < -0.4 is 5.73 Å². The normalized spacial score (nSPS) is 13.1. The number of allylic oxidation sites excluding steroid dienone is 2. The predicted molar refractivity (Wildman–Crippen MR) is 32.4 cm³/mol. The molecule has 0 aliphatic heterocycles. The van der Waals surface area contributed by atoms with Gasteiger partial charge in [0.1, 0.15) is 0 Å². The molecule has 0 radical (unpaired) electrons. The number of hydrogen-bond acceptors (Lipinski definition) is 2. The Morgan fingerprint density at radius 2 is 2.29 bits per heavy atom. The zero-order valence-electron chi connectivity index (χ0n) is 4.68. The highest BCUT2D eigenvalue weighted by atomic mass is 14.6. The third-order valence-corrected chi connectivity index (χ3v) is 0.486. The molecule has 0 aromatic rings. The van der Waals surface area contributed by atoms with Crippen molar-refractivity contribution in [2.24, 2.45) is 10.7 Å². The van der Waals surface area contributed by atoms with Crippen LogP contribution in [0.2, 0.25) is 0 Å². The second-order valence-electron chi connectivity index (χ2n) is 1.32. The van der Waals surface area contributed by atoms with Crippen LogP contribution in [-0.4, -0.2) is 13.3 Å². The van der Waals surface area contributed by atoms with E-state index >= 15 is 0 Å². The Hall–Kier alpha value is -0.790. The summed E-state index contributed by atoms with van der Waals surface area (Å²) in [5.41, 5.74) is 6.03. The summed E-state index contributed by atoms with van der Waals surface area (Å²) in [5, 5.41) is 0. The van der Waals surface area contributed by atoms with Gasteiger partial charge in [-0.2, -0.15) is 0 Å². The summed E-state index contributed by atoms with van der Waals surface area (Å²) < 4.78 is 0. The molecule has 0 saturated heterocycles. The van der Waals surface area contributed by atoms with E-state index in [1.54, 1.807) is 19.3 Å². The minimum Gasteiger partial charge on any atom is -0.402 e. The monoisotopic (exact) mass is 98.1 g/mol. The summed E-state index contributed by atoms with van der Waals surface area (Å²) in [6.07, 6.45) is 3.41. The molecule has 2 nitrogen and oxygen atoms in total. The molecule has 0 aromatic heterocycles. The Kier molecular flexibility index (Phi) is 3.02. The first-order chi connectivity index (χ1) is 3.27. The van der Waals surface area contributed by atoms with Gasteiger partial charge in [0.2, 0.25) is 0 Å². The van der Waals surface area contributed by atoms with Crippen LogP contribution in [-0.2, 0) is 0 Å². The van der Waals surface area contributed by atoms with E-state index in [4.69, 9.17) is 5.73 Å². The molecule has 0 atom stereocenters. The second-order valence-corrected chi connectivity index (χ2v) is 1.32. The highest BCUT2D eigenvalue weighted by molar-refractivity contribution is 5.71. The molecule has 0 amide bonds. The lowest BCUT2D eigenvalue weighted by molar-refractivity contribution is 1.32.